The molecule has 0 aliphatic heterocycles. The average Bonchev–Trinajstić information content (AvgIpc) is 2.82. The topological polar surface area (TPSA) is 110 Å². The summed E-state index contributed by atoms with van der Waals surface area (Å²) in [4.78, 5) is 12.2. The molecule has 0 saturated carbocycles. The second kappa shape index (κ2) is 5.73. The Hall–Kier alpha value is -2.47. The zero-order valence-corrected chi connectivity index (χ0v) is 12.0. The van der Waals surface area contributed by atoms with E-state index in [-0.39, 0.29) is 16.9 Å². The number of furan rings is 1. The van der Waals surface area contributed by atoms with Gasteiger partial charge < -0.3 is 24.8 Å². The Kier molecular flexibility index (Phi) is 3.77. The molecule has 0 radical (unpaired) electrons. The van der Waals surface area contributed by atoms with Crippen molar-refractivity contribution in [3.8, 4) is 11.5 Å². The SMILES string of the molecule is NCCCCCc1cc2oc3cc(O)c(O)cc3c2c(=O)o1. The number of rotatable bonds is 5. The highest BCUT2D eigenvalue weighted by molar-refractivity contribution is 6.05. The van der Waals surface area contributed by atoms with Crippen molar-refractivity contribution >= 4 is 21.9 Å². The maximum absolute atomic E-state index is 12.2. The predicted molar refractivity (Wildman–Crippen MR) is 82.2 cm³/mol. The number of hydrogen-bond acceptors (Lipinski definition) is 6. The van der Waals surface area contributed by atoms with Crippen LogP contribution in [0.2, 0.25) is 0 Å². The fraction of sp³-hybridized carbons (Fsp3) is 0.312. The number of phenolic OH excluding ortho intramolecular Hbond substituents is 2. The second-order valence-corrected chi connectivity index (χ2v) is 5.28. The summed E-state index contributed by atoms with van der Waals surface area (Å²) < 4.78 is 10.9. The van der Waals surface area contributed by atoms with Crippen LogP contribution in [-0.2, 0) is 6.42 Å². The number of unbranched alkanes of at least 4 members (excludes halogenated alkanes) is 2. The van der Waals surface area contributed by atoms with Gasteiger partial charge in [-0.2, -0.15) is 0 Å². The molecule has 3 rings (SSSR count). The van der Waals surface area contributed by atoms with E-state index in [0.29, 0.717) is 35.3 Å². The van der Waals surface area contributed by atoms with E-state index in [4.69, 9.17) is 14.6 Å². The van der Waals surface area contributed by atoms with Crippen molar-refractivity contribution in [2.45, 2.75) is 25.7 Å². The van der Waals surface area contributed by atoms with Gasteiger partial charge in [0.2, 0.25) is 0 Å². The number of nitrogens with two attached hydrogens (primary N) is 1. The molecule has 6 heteroatoms. The summed E-state index contributed by atoms with van der Waals surface area (Å²) in [5, 5.41) is 19.8. The molecule has 1 aromatic carbocycles. The highest BCUT2D eigenvalue weighted by Crippen LogP contribution is 2.35. The molecule has 2 heterocycles. The van der Waals surface area contributed by atoms with Gasteiger partial charge in [0.05, 0.1) is 0 Å². The van der Waals surface area contributed by atoms with E-state index in [1.807, 2.05) is 0 Å². The maximum atomic E-state index is 12.2. The van der Waals surface area contributed by atoms with E-state index in [1.54, 1.807) is 6.07 Å². The molecule has 3 aromatic rings. The van der Waals surface area contributed by atoms with Crippen LogP contribution in [-0.4, -0.2) is 16.8 Å². The lowest BCUT2D eigenvalue weighted by molar-refractivity contribution is 0.404. The summed E-state index contributed by atoms with van der Waals surface area (Å²) in [5.41, 5.74) is 5.67. The summed E-state index contributed by atoms with van der Waals surface area (Å²) >= 11 is 0. The largest absolute Gasteiger partial charge is 0.504 e. The number of hydrogen-bond donors (Lipinski definition) is 3. The van der Waals surface area contributed by atoms with Crippen LogP contribution in [0.3, 0.4) is 0 Å². The lowest BCUT2D eigenvalue weighted by Crippen LogP contribution is -2.02. The van der Waals surface area contributed by atoms with Gasteiger partial charge in [0.25, 0.3) is 0 Å². The molecule has 116 valence electrons. The van der Waals surface area contributed by atoms with Gasteiger partial charge >= 0.3 is 5.63 Å². The van der Waals surface area contributed by atoms with Gasteiger partial charge in [-0.05, 0) is 25.5 Å². The highest BCUT2D eigenvalue weighted by atomic mass is 16.4. The summed E-state index contributed by atoms with van der Waals surface area (Å²) in [6.07, 6.45) is 3.43. The zero-order valence-electron chi connectivity index (χ0n) is 12.0. The van der Waals surface area contributed by atoms with E-state index in [9.17, 15) is 15.0 Å². The van der Waals surface area contributed by atoms with Gasteiger partial charge in [-0.1, -0.05) is 6.42 Å². The molecule has 0 aliphatic rings. The Bertz CT molecular complexity index is 877. The van der Waals surface area contributed by atoms with Crippen LogP contribution in [0, 0.1) is 0 Å². The van der Waals surface area contributed by atoms with Crippen molar-refractivity contribution in [1.29, 1.82) is 0 Å². The first-order valence-electron chi connectivity index (χ1n) is 7.21. The summed E-state index contributed by atoms with van der Waals surface area (Å²) in [6, 6.07) is 4.27. The van der Waals surface area contributed by atoms with Gasteiger partial charge in [0, 0.05) is 23.9 Å². The van der Waals surface area contributed by atoms with E-state index >= 15 is 0 Å². The van der Waals surface area contributed by atoms with Gasteiger partial charge in [-0.3, -0.25) is 0 Å². The third-order valence-corrected chi connectivity index (χ3v) is 3.66. The van der Waals surface area contributed by atoms with Crippen molar-refractivity contribution in [2.24, 2.45) is 5.73 Å². The molecular weight excluding hydrogens is 286 g/mol. The van der Waals surface area contributed by atoms with Gasteiger partial charge in [-0.25, -0.2) is 4.79 Å². The van der Waals surface area contributed by atoms with Crippen LogP contribution in [0.5, 0.6) is 11.5 Å². The number of fused-ring (bicyclic) bond motifs is 3. The second-order valence-electron chi connectivity index (χ2n) is 5.28. The average molecular weight is 303 g/mol. The van der Waals surface area contributed by atoms with Crippen LogP contribution >= 0.6 is 0 Å². The molecule has 6 nitrogen and oxygen atoms in total. The first kappa shape index (κ1) is 14.5. The molecule has 0 bridgehead atoms. The summed E-state index contributed by atoms with van der Waals surface area (Å²) in [6.45, 7) is 0.652. The van der Waals surface area contributed by atoms with Crippen molar-refractivity contribution in [3.05, 3.63) is 34.4 Å². The molecule has 22 heavy (non-hydrogen) atoms. The lowest BCUT2D eigenvalue weighted by Gasteiger charge is -1.99. The quantitative estimate of drug-likeness (QED) is 0.493. The fourth-order valence-corrected chi connectivity index (χ4v) is 2.54. The van der Waals surface area contributed by atoms with Crippen molar-refractivity contribution in [2.75, 3.05) is 6.54 Å². The minimum Gasteiger partial charge on any atom is -0.504 e. The Balaban J connectivity index is 2.03. The lowest BCUT2D eigenvalue weighted by atomic mass is 10.1. The normalized spacial score (nSPS) is 11.5. The smallest absolute Gasteiger partial charge is 0.347 e. The molecule has 0 unspecified atom stereocenters. The third-order valence-electron chi connectivity index (χ3n) is 3.66. The van der Waals surface area contributed by atoms with Gasteiger partial charge in [-0.15, -0.1) is 0 Å². The number of aryl methyl sites for hydroxylation is 1. The zero-order chi connectivity index (χ0) is 15.7. The van der Waals surface area contributed by atoms with E-state index in [1.165, 1.54) is 12.1 Å². The fourth-order valence-electron chi connectivity index (χ4n) is 2.54. The van der Waals surface area contributed by atoms with Gasteiger partial charge in [0.1, 0.15) is 22.3 Å². The Morgan fingerprint density at radius 1 is 0.955 bits per heavy atom. The predicted octanol–water partition coefficient (Wildman–Crippen LogP) is 2.62. The molecule has 0 atom stereocenters. The van der Waals surface area contributed by atoms with Crippen molar-refractivity contribution < 1.29 is 19.0 Å². The first-order chi connectivity index (χ1) is 10.6. The Labute approximate surface area is 125 Å². The third kappa shape index (κ3) is 2.53. The molecule has 0 amide bonds. The minimum atomic E-state index is -0.504. The Morgan fingerprint density at radius 2 is 1.73 bits per heavy atom. The standard InChI is InChI=1S/C16H17NO5/c17-5-3-1-2-4-9-6-14-15(16(20)21-9)10-7-11(18)12(19)8-13(10)22-14/h6-8,18-19H,1-5,17H2. The molecule has 0 spiro atoms. The molecular formula is C16H17NO5. The molecule has 4 N–H and O–H groups in total. The first-order valence-corrected chi connectivity index (χ1v) is 7.21. The molecule has 0 aliphatic carbocycles. The van der Waals surface area contributed by atoms with Crippen LogP contribution in [0.1, 0.15) is 25.0 Å². The van der Waals surface area contributed by atoms with Crippen LogP contribution in [0.4, 0.5) is 0 Å². The molecule has 0 saturated heterocycles. The molecule has 2 aromatic heterocycles. The number of benzene rings is 1. The van der Waals surface area contributed by atoms with Crippen molar-refractivity contribution in [1.82, 2.24) is 0 Å². The van der Waals surface area contributed by atoms with Crippen LogP contribution in [0.15, 0.2) is 31.8 Å². The monoisotopic (exact) mass is 303 g/mol. The van der Waals surface area contributed by atoms with Gasteiger partial charge in [0.15, 0.2) is 11.5 Å². The number of aromatic hydroxyl groups is 2. The molecule has 0 fully saturated rings. The van der Waals surface area contributed by atoms with Crippen LogP contribution < -0.4 is 11.4 Å². The van der Waals surface area contributed by atoms with E-state index in [0.717, 1.165) is 19.3 Å². The Morgan fingerprint density at radius 3 is 2.50 bits per heavy atom. The van der Waals surface area contributed by atoms with E-state index < -0.39 is 5.63 Å². The van der Waals surface area contributed by atoms with Crippen molar-refractivity contribution in [3.63, 3.8) is 0 Å². The van der Waals surface area contributed by atoms with E-state index in [2.05, 4.69) is 0 Å². The minimum absolute atomic E-state index is 0.274. The number of phenols is 2. The maximum Gasteiger partial charge on any atom is 0.347 e. The summed E-state index contributed by atoms with van der Waals surface area (Å²) in [7, 11) is 0. The summed E-state index contributed by atoms with van der Waals surface area (Å²) in [5.74, 6) is -0.0413. The highest BCUT2D eigenvalue weighted by Gasteiger charge is 2.16. The van der Waals surface area contributed by atoms with Crippen LogP contribution in [0.25, 0.3) is 21.9 Å².